The van der Waals surface area contributed by atoms with E-state index < -0.39 is 11.5 Å². The normalized spacial score (nSPS) is 12.5. The van der Waals surface area contributed by atoms with E-state index in [-0.39, 0.29) is 24.1 Å². The van der Waals surface area contributed by atoms with Gasteiger partial charge in [0.05, 0.1) is 6.04 Å². The van der Waals surface area contributed by atoms with E-state index in [0.717, 1.165) is 5.56 Å². The van der Waals surface area contributed by atoms with Crippen molar-refractivity contribution in [3.8, 4) is 0 Å². The summed E-state index contributed by atoms with van der Waals surface area (Å²) >= 11 is 6.01. The molecular weight excluding hydrogens is 290 g/mol. The fourth-order valence-corrected chi connectivity index (χ4v) is 2.03. The zero-order valence-electron chi connectivity index (χ0n) is 11.2. The van der Waals surface area contributed by atoms with E-state index in [2.05, 4.69) is 5.32 Å². The minimum atomic E-state index is -0.551. The highest BCUT2D eigenvalue weighted by atomic mass is 35.5. The third kappa shape index (κ3) is 4.97. The predicted molar refractivity (Wildman–Crippen MR) is 78.3 cm³/mol. The van der Waals surface area contributed by atoms with Gasteiger partial charge < -0.3 is 11.1 Å². The lowest BCUT2D eigenvalue weighted by Gasteiger charge is -2.27. The van der Waals surface area contributed by atoms with Gasteiger partial charge in [0.25, 0.3) is 0 Å². The summed E-state index contributed by atoms with van der Waals surface area (Å²) in [5.41, 5.74) is 5.86. The maximum atomic E-state index is 13.0. The Morgan fingerprint density at radius 1 is 1.53 bits per heavy atom. The number of nitrogens with one attached hydrogen (secondary N) is 1. The van der Waals surface area contributed by atoms with E-state index in [1.165, 1.54) is 12.1 Å². The molecule has 0 radical (unpaired) electrons. The van der Waals surface area contributed by atoms with E-state index in [9.17, 15) is 9.18 Å². The lowest BCUT2D eigenvalue weighted by molar-refractivity contribution is -0.122. The summed E-state index contributed by atoms with van der Waals surface area (Å²) in [6.45, 7) is 5.85. The first-order valence-electron chi connectivity index (χ1n) is 5.73. The van der Waals surface area contributed by atoms with Gasteiger partial charge in [-0.2, -0.15) is 0 Å². The molecule has 0 bridgehead atoms. The lowest BCUT2D eigenvalue weighted by atomic mass is 9.84. The number of amides is 1. The van der Waals surface area contributed by atoms with Crippen molar-refractivity contribution < 1.29 is 9.18 Å². The highest BCUT2D eigenvalue weighted by molar-refractivity contribution is 6.31. The Morgan fingerprint density at radius 2 is 2.11 bits per heavy atom. The average Bonchev–Trinajstić information content (AvgIpc) is 2.25. The van der Waals surface area contributed by atoms with Crippen LogP contribution in [0.3, 0.4) is 0 Å². The van der Waals surface area contributed by atoms with Crippen LogP contribution in [0.4, 0.5) is 4.39 Å². The fourth-order valence-electron chi connectivity index (χ4n) is 1.60. The first kappa shape index (κ1) is 18.2. The molecule has 0 aromatic heterocycles. The number of halogens is 3. The number of benzene rings is 1. The maximum Gasteiger partial charge on any atom is 0.236 e. The van der Waals surface area contributed by atoms with Gasteiger partial charge in [-0.05, 0) is 24.6 Å². The summed E-state index contributed by atoms with van der Waals surface area (Å²) in [4.78, 5) is 11.4. The monoisotopic (exact) mass is 308 g/mol. The van der Waals surface area contributed by atoms with Crippen molar-refractivity contribution >= 4 is 29.9 Å². The van der Waals surface area contributed by atoms with Gasteiger partial charge in [0.2, 0.25) is 5.91 Å². The van der Waals surface area contributed by atoms with E-state index in [1.54, 1.807) is 13.0 Å². The van der Waals surface area contributed by atoms with Crippen molar-refractivity contribution in [1.29, 1.82) is 0 Å². The second kappa shape index (κ2) is 7.08. The highest BCUT2D eigenvalue weighted by Gasteiger charge is 2.24. The number of carbonyl (C=O) groups excluding carboxylic acids is 1. The van der Waals surface area contributed by atoms with Crippen LogP contribution in [0.15, 0.2) is 18.2 Å². The minimum Gasteiger partial charge on any atom is -0.354 e. The van der Waals surface area contributed by atoms with Gasteiger partial charge in [0.1, 0.15) is 5.82 Å². The zero-order chi connectivity index (χ0) is 13.9. The van der Waals surface area contributed by atoms with Gasteiger partial charge in [-0.15, -0.1) is 12.4 Å². The van der Waals surface area contributed by atoms with Crippen LogP contribution in [0.25, 0.3) is 0 Å². The van der Waals surface area contributed by atoms with Gasteiger partial charge in [-0.1, -0.05) is 31.5 Å². The molecule has 0 aliphatic rings. The van der Waals surface area contributed by atoms with Crippen LogP contribution in [-0.2, 0) is 10.2 Å². The van der Waals surface area contributed by atoms with E-state index in [1.807, 2.05) is 13.8 Å². The topological polar surface area (TPSA) is 55.1 Å². The van der Waals surface area contributed by atoms with Gasteiger partial charge in [-0.3, -0.25) is 4.79 Å². The molecule has 0 heterocycles. The van der Waals surface area contributed by atoms with Crippen LogP contribution >= 0.6 is 24.0 Å². The summed E-state index contributed by atoms with van der Waals surface area (Å²) < 4.78 is 13.0. The van der Waals surface area contributed by atoms with Crippen molar-refractivity contribution in [2.75, 3.05) is 6.54 Å². The van der Waals surface area contributed by atoms with Crippen LogP contribution in [0.5, 0.6) is 0 Å². The molecule has 3 nitrogen and oxygen atoms in total. The predicted octanol–water partition coefficient (Wildman–Crippen LogP) is 2.64. The van der Waals surface area contributed by atoms with Gasteiger partial charge in [0.15, 0.2) is 0 Å². The van der Waals surface area contributed by atoms with E-state index >= 15 is 0 Å². The van der Waals surface area contributed by atoms with E-state index in [0.29, 0.717) is 11.6 Å². The molecule has 108 valence electrons. The van der Waals surface area contributed by atoms with Crippen LogP contribution < -0.4 is 11.1 Å². The Hall–Kier alpha value is -0.840. The molecule has 6 heteroatoms. The molecular formula is C13H19Cl2FN2O. The highest BCUT2D eigenvalue weighted by Crippen LogP contribution is 2.29. The molecule has 3 N–H and O–H groups in total. The summed E-state index contributed by atoms with van der Waals surface area (Å²) in [7, 11) is 0. The largest absolute Gasteiger partial charge is 0.354 e. The Balaban J connectivity index is 0.00000324. The number of nitrogens with two attached hydrogens (primary N) is 1. The molecule has 1 aromatic carbocycles. The van der Waals surface area contributed by atoms with Crippen LogP contribution in [0.2, 0.25) is 5.02 Å². The van der Waals surface area contributed by atoms with Crippen LogP contribution in [-0.4, -0.2) is 18.5 Å². The molecule has 0 spiro atoms. The number of carbonyl (C=O) groups is 1. The first-order valence-corrected chi connectivity index (χ1v) is 6.10. The zero-order valence-corrected chi connectivity index (χ0v) is 12.7. The Bertz CT molecular complexity index is 450. The molecule has 0 fully saturated rings. The summed E-state index contributed by atoms with van der Waals surface area (Å²) in [5, 5.41) is 3.10. The SMILES string of the molecule is C[C@H](N)C(=O)NCC(C)(C)c1ccc(F)cc1Cl.Cl. The van der Waals surface area contributed by atoms with Crippen LogP contribution in [0.1, 0.15) is 26.3 Å². The average molecular weight is 309 g/mol. The van der Waals surface area contributed by atoms with Crippen molar-refractivity contribution in [2.45, 2.75) is 32.2 Å². The Labute approximate surface area is 124 Å². The van der Waals surface area contributed by atoms with Crippen molar-refractivity contribution in [3.05, 3.63) is 34.6 Å². The molecule has 0 aliphatic carbocycles. The summed E-state index contributed by atoms with van der Waals surface area (Å²) in [6.07, 6.45) is 0. The third-order valence-electron chi connectivity index (χ3n) is 2.78. The minimum absolute atomic E-state index is 0. The van der Waals surface area contributed by atoms with Gasteiger partial charge >= 0.3 is 0 Å². The first-order chi connectivity index (χ1) is 8.24. The van der Waals surface area contributed by atoms with Gasteiger partial charge in [0, 0.05) is 17.0 Å². The smallest absolute Gasteiger partial charge is 0.236 e. The van der Waals surface area contributed by atoms with E-state index in [4.69, 9.17) is 17.3 Å². The van der Waals surface area contributed by atoms with Crippen molar-refractivity contribution in [2.24, 2.45) is 5.73 Å². The molecule has 1 aromatic rings. The summed E-state index contributed by atoms with van der Waals surface area (Å²) in [6, 6.07) is 3.71. The van der Waals surface area contributed by atoms with Crippen molar-refractivity contribution in [3.63, 3.8) is 0 Å². The number of hydrogen-bond acceptors (Lipinski definition) is 2. The second-order valence-electron chi connectivity index (χ2n) is 5.01. The molecule has 1 rings (SSSR count). The van der Waals surface area contributed by atoms with Crippen molar-refractivity contribution in [1.82, 2.24) is 5.32 Å². The number of rotatable bonds is 4. The standard InChI is InChI=1S/C13H18ClFN2O.ClH/c1-8(16)12(18)17-7-13(2,3)10-5-4-9(15)6-11(10)14;/h4-6,8H,7,16H2,1-3H3,(H,17,18);1H/t8-;/m0./s1. The Morgan fingerprint density at radius 3 is 2.58 bits per heavy atom. The quantitative estimate of drug-likeness (QED) is 0.898. The second-order valence-corrected chi connectivity index (χ2v) is 5.42. The molecule has 1 amide bonds. The van der Waals surface area contributed by atoms with Gasteiger partial charge in [-0.25, -0.2) is 4.39 Å². The summed E-state index contributed by atoms with van der Waals surface area (Å²) in [5.74, 6) is -0.597. The molecule has 19 heavy (non-hydrogen) atoms. The molecule has 0 aliphatic heterocycles. The molecule has 0 saturated heterocycles. The molecule has 0 unspecified atom stereocenters. The molecule has 1 atom stereocenters. The lowest BCUT2D eigenvalue weighted by Crippen LogP contribution is -2.43. The molecule has 0 saturated carbocycles. The van der Waals surface area contributed by atoms with Crippen LogP contribution in [0, 0.1) is 5.82 Å². The Kier molecular flexibility index (Phi) is 6.77. The fraction of sp³-hybridized carbons (Fsp3) is 0.462. The maximum absolute atomic E-state index is 13.0. The third-order valence-corrected chi connectivity index (χ3v) is 3.09. The number of hydrogen-bond donors (Lipinski definition) is 2.